The van der Waals surface area contributed by atoms with Gasteiger partial charge in [0.2, 0.25) is 10.9 Å². The van der Waals surface area contributed by atoms with Gasteiger partial charge in [0.25, 0.3) is 0 Å². The van der Waals surface area contributed by atoms with Crippen molar-refractivity contribution in [2.45, 2.75) is 19.0 Å². The molecule has 1 aromatic heterocycles. The Bertz CT molecular complexity index is 656. The molecule has 9 heteroatoms. The Balaban J connectivity index is 1.77. The standard InChI is InChI=1S/C14H14F3N3O2S/c1-22-10-4-2-9(3-5-10)8-11(21)18-7-6-12-19-20-13(23-12)14(15,16)17/h2-5H,6-8H2,1H3,(H,18,21). The monoisotopic (exact) mass is 345 g/mol. The lowest BCUT2D eigenvalue weighted by Crippen LogP contribution is -2.27. The second-order valence-electron chi connectivity index (χ2n) is 4.62. The fraction of sp³-hybridized carbons (Fsp3) is 0.357. The van der Waals surface area contributed by atoms with Gasteiger partial charge in [0.1, 0.15) is 10.8 Å². The minimum absolute atomic E-state index is 0.188. The normalized spacial score (nSPS) is 11.3. The van der Waals surface area contributed by atoms with Gasteiger partial charge in [-0.15, -0.1) is 10.2 Å². The van der Waals surface area contributed by atoms with Gasteiger partial charge in [-0.1, -0.05) is 23.5 Å². The molecule has 0 aliphatic carbocycles. The highest BCUT2D eigenvalue weighted by Crippen LogP contribution is 2.31. The molecule has 0 aliphatic rings. The quantitative estimate of drug-likeness (QED) is 0.874. The van der Waals surface area contributed by atoms with Crippen molar-refractivity contribution in [3.63, 3.8) is 0 Å². The molecule has 1 heterocycles. The number of benzene rings is 1. The number of ether oxygens (including phenoxy) is 1. The van der Waals surface area contributed by atoms with E-state index in [2.05, 4.69) is 15.5 Å². The summed E-state index contributed by atoms with van der Waals surface area (Å²) in [7, 11) is 1.55. The van der Waals surface area contributed by atoms with Crippen LogP contribution in [0.2, 0.25) is 0 Å². The third-order valence-corrected chi connectivity index (χ3v) is 3.92. The van der Waals surface area contributed by atoms with E-state index in [0.29, 0.717) is 17.1 Å². The summed E-state index contributed by atoms with van der Waals surface area (Å²) >= 11 is 0.487. The smallest absolute Gasteiger partial charge is 0.445 e. The number of hydrogen-bond acceptors (Lipinski definition) is 5. The van der Waals surface area contributed by atoms with Crippen LogP contribution in [0.25, 0.3) is 0 Å². The molecule has 0 saturated heterocycles. The van der Waals surface area contributed by atoms with Crippen LogP contribution >= 0.6 is 11.3 Å². The molecule has 1 N–H and O–H groups in total. The summed E-state index contributed by atoms with van der Waals surface area (Å²) in [4.78, 5) is 11.8. The summed E-state index contributed by atoms with van der Waals surface area (Å²) in [6.45, 7) is 0.210. The molecule has 23 heavy (non-hydrogen) atoms. The minimum atomic E-state index is -4.48. The molecule has 1 amide bonds. The van der Waals surface area contributed by atoms with Crippen LogP contribution in [0.1, 0.15) is 15.6 Å². The molecule has 0 fully saturated rings. The SMILES string of the molecule is COc1ccc(CC(=O)NCCc2nnc(C(F)(F)F)s2)cc1. The Morgan fingerprint density at radius 3 is 2.52 bits per heavy atom. The average molecular weight is 345 g/mol. The predicted octanol–water partition coefficient (Wildman–Crippen LogP) is 2.47. The maximum Gasteiger partial charge on any atom is 0.445 e. The molecule has 0 unspecified atom stereocenters. The zero-order chi connectivity index (χ0) is 16.9. The summed E-state index contributed by atoms with van der Waals surface area (Å²) in [5.74, 6) is 0.488. The number of methoxy groups -OCH3 is 1. The molecule has 0 saturated carbocycles. The van der Waals surface area contributed by atoms with E-state index in [1.807, 2.05) is 0 Å². The number of nitrogens with one attached hydrogen (secondary N) is 1. The van der Waals surface area contributed by atoms with E-state index in [1.165, 1.54) is 0 Å². The topological polar surface area (TPSA) is 64.1 Å². The Labute approximate surface area is 134 Å². The van der Waals surface area contributed by atoms with Crippen molar-refractivity contribution >= 4 is 17.2 Å². The van der Waals surface area contributed by atoms with Gasteiger partial charge in [0.05, 0.1) is 13.5 Å². The third kappa shape index (κ3) is 5.20. The second-order valence-corrected chi connectivity index (χ2v) is 5.69. The van der Waals surface area contributed by atoms with Gasteiger partial charge in [0.15, 0.2) is 0 Å². The summed E-state index contributed by atoms with van der Waals surface area (Å²) < 4.78 is 42.2. The highest BCUT2D eigenvalue weighted by Gasteiger charge is 2.35. The van der Waals surface area contributed by atoms with Crippen LogP contribution in [0.4, 0.5) is 13.2 Å². The van der Waals surface area contributed by atoms with Crippen LogP contribution in [0, 0.1) is 0 Å². The van der Waals surface area contributed by atoms with Gasteiger partial charge in [0, 0.05) is 13.0 Å². The van der Waals surface area contributed by atoms with Gasteiger partial charge < -0.3 is 10.1 Å². The molecule has 5 nitrogen and oxygen atoms in total. The van der Waals surface area contributed by atoms with Crippen molar-refractivity contribution in [1.82, 2.24) is 15.5 Å². The Hall–Kier alpha value is -2.16. The van der Waals surface area contributed by atoms with Crippen molar-refractivity contribution in [2.24, 2.45) is 0 Å². The number of amides is 1. The van der Waals surface area contributed by atoms with Crippen LogP contribution in [0.15, 0.2) is 24.3 Å². The van der Waals surface area contributed by atoms with Gasteiger partial charge in [-0.2, -0.15) is 13.2 Å². The zero-order valence-electron chi connectivity index (χ0n) is 12.2. The molecule has 124 valence electrons. The van der Waals surface area contributed by atoms with Crippen molar-refractivity contribution in [3.05, 3.63) is 39.8 Å². The first-order chi connectivity index (χ1) is 10.9. The highest BCUT2D eigenvalue weighted by atomic mass is 32.1. The number of hydrogen-bond donors (Lipinski definition) is 1. The number of halogens is 3. The lowest BCUT2D eigenvalue weighted by atomic mass is 10.1. The average Bonchev–Trinajstić information content (AvgIpc) is 2.97. The third-order valence-electron chi connectivity index (χ3n) is 2.89. The zero-order valence-corrected chi connectivity index (χ0v) is 13.0. The maximum atomic E-state index is 12.4. The molecule has 0 bridgehead atoms. The first kappa shape index (κ1) is 17.2. The van der Waals surface area contributed by atoms with E-state index in [0.717, 1.165) is 5.56 Å². The van der Waals surface area contributed by atoms with Crippen molar-refractivity contribution in [3.8, 4) is 5.75 Å². The van der Waals surface area contributed by atoms with Gasteiger partial charge >= 0.3 is 6.18 Å². The number of nitrogens with zero attached hydrogens (tertiary/aromatic N) is 2. The summed E-state index contributed by atoms with van der Waals surface area (Å²) in [6, 6.07) is 7.06. The number of alkyl halides is 3. The number of carbonyl (C=O) groups excluding carboxylic acids is 1. The molecule has 0 atom stereocenters. The van der Waals surface area contributed by atoms with Gasteiger partial charge in [-0.25, -0.2) is 0 Å². The maximum absolute atomic E-state index is 12.4. The minimum Gasteiger partial charge on any atom is -0.497 e. The number of aromatic nitrogens is 2. The van der Waals surface area contributed by atoms with Crippen LogP contribution in [0.3, 0.4) is 0 Å². The number of carbonyl (C=O) groups is 1. The van der Waals surface area contributed by atoms with Crippen LogP contribution < -0.4 is 10.1 Å². The number of rotatable bonds is 6. The van der Waals surface area contributed by atoms with E-state index in [1.54, 1.807) is 31.4 Å². The van der Waals surface area contributed by atoms with Crippen LogP contribution in [0.5, 0.6) is 5.75 Å². The first-order valence-corrected chi connectivity index (χ1v) is 7.49. The molecule has 0 spiro atoms. The van der Waals surface area contributed by atoms with E-state index in [4.69, 9.17) is 4.74 Å². The Kier molecular flexibility index (Phi) is 5.54. The molecule has 1 aromatic carbocycles. The molecular formula is C14H14F3N3O2S. The molecule has 0 aliphatic heterocycles. The lowest BCUT2D eigenvalue weighted by molar-refractivity contribution is -0.138. The second kappa shape index (κ2) is 7.40. The highest BCUT2D eigenvalue weighted by molar-refractivity contribution is 7.11. The Morgan fingerprint density at radius 2 is 1.96 bits per heavy atom. The van der Waals surface area contributed by atoms with Gasteiger partial charge in [-0.05, 0) is 17.7 Å². The van der Waals surface area contributed by atoms with E-state index in [9.17, 15) is 18.0 Å². The van der Waals surface area contributed by atoms with E-state index < -0.39 is 11.2 Å². The van der Waals surface area contributed by atoms with Crippen LogP contribution in [-0.2, 0) is 23.8 Å². The van der Waals surface area contributed by atoms with Gasteiger partial charge in [-0.3, -0.25) is 4.79 Å². The molecule has 0 radical (unpaired) electrons. The van der Waals surface area contributed by atoms with Crippen molar-refractivity contribution in [2.75, 3.05) is 13.7 Å². The van der Waals surface area contributed by atoms with Crippen molar-refractivity contribution in [1.29, 1.82) is 0 Å². The molecular weight excluding hydrogens is 331 g/mol. The summed E-state index contributed by atoms with van der Waals surface area (Å²) in [5, 5.41) is 8.46. The summed E-state index contributed by atoms with van der Waals surface area (Å²) in [6.07, 6.45) is -4.08. The predicted molar refractivity (Wildman–Crippen MR) is 78.3 cm³/mol. The molecule has 2 rings (SSSR count). The van der Waals surface area contributed by atoms with Crippen LogP contribution in [-0.4, -0.2) is 29.8 Å². The fourth-order valence-electron chi connectivity index (χ4n) is 1.77. The van der Waals surface area contributed by atoms with Crippen molar-refractivity contribution < 1.29 is 22.7 Å². The van der Waals surface area contributed by atoms with E-state index >= 15 is 0 Å². The first-order valence-electron chi connectivity index (χ1n) is 6.67. The summed E-state index contributed by atoms with van der Waals surface area (Å²) in [5.41, 5.74) is 0.818. The largest absolute Gasteiger partial charge is 0.497 e. The fourth-order valence-corrected chi connectivity index (χ4v) is 2.48. The lowest BCUT2D eigenvalue weighted by Gasteiger charge is -2.05. The Morgan fingerprint density at radius 1 is 1.26 bits per heavy atom. The van der Waals surface area contributed by atoms with E-state index in [-0.39, 0.29) is 30.3 Å². The molecule has 2 aromatic rings.